The fourth-order valence-corrected chi connectivity index (χ4v) is 4.36. The van der Waals surface area contributed by atoms with Crippen LogP contribution in [-0.4, -0.2) is 45.0 Å². The molecule has 1 fully saturated rings. The minimum atomic E-state index is -0.452. The van der Waals surface area contributed by atoms with E-state index in [2.05, 4.69) is 9.55 Å². The first-order chi connectivity index (χ1) is 13.5. The average molecular weight is 401 g/mol. The van der Waals surface area contributed by atoms with Gasteiger partial charge in [0.25, 0.3) is 0 Å². The summed E-state index contributed by atoms with van der Waals surface area (Å²) in [5.74, 6) is -0.641. The number of aryl methyl sites for hydroxylation is 1. The van der Waals surface area contributed by atoms with E-state index in [1.165, 1.54) is 11.3 Å². The number of rotatable bonds is 7. The molecule has 0 aliphatic carbocycles. The number of imidazole rings is 1. The minimum absolute atomic E-state index is 0.0553. The number of aromatic nitrogens is 3. The molecular formula is C20H23N3O4S. The van der Waals surface area contributed by atoms with Crippen molar-refractivity contribution in [1.82, 2.24) is 14.0 Å². The van der Waals surface area contributed by atoms with Crippen LogP contribution in [0.3, 0.4) is 0 Å². The minimum Gasteiger partial charge on any atom is -0.457 e. The zero-order valence-corrected chi connectivity index (χ0v) is 16.8. The van der Waals surface area contributed by atoms with Crippen LogP contribution >= 0.6 is 11.3 Å². The predicted molar refractivity (Wildman–Crippen MR) is 105 cm³/mol. The van der Waals surface area contributed by atoms with Crippen molar-refractivity contribution in [1.29, 1.82) is 0 Å². The molecule has 4 heterocycles. The van der Waals surface area contributed by atoms with Gasteiger partial charge in [-0.1, -0.05) is 0 Å². The van der Waals surface area contributed by atoms with Gasteiger partial charge in [-0.25, -0.2) is 4.98 Å². The van der Waals surface area contributed by atoms with Crippen LogP contribution in [0, 0.1) is 13.8 Å². The molecule has 0 amide bonds. The molecule has 8 heteroatoms. The van der Waals surface area contributed by atoms with E-state index in [0.29, 0.717) is 11.3 Å². The second-order valence-electron chi connectivity index (χ2n) is 7.12. The molecular weight excluding hydrogens is 378 g/mol. The van der Waals surface area contributed by atoms with Crippen LogP contribution in [0.5, 0.6) is 0 Å². The van der Waals surface area contributed by atoms with Gasteiger partial charge in [-0.2, -0.15) is 0 Å². The predicted octanol–water partition coefficient (Wildman–Crippen LogP) is 2.96. The largest absolute Gasteiger partial charge is 0.457 e. The summed E-state index contributed by atoms with van der Waals surface area (Å²) >= 11 is 1.50. The monoisotopic (exact) mass is 401 g/mol. The molecule has 0 saturated carbocycles. The Morgan fingerprint density at radius 3 is 3.00 bits per heavy atom. The molecule has 0 spiro atoms. The molecule has 1 atom stereocenters. The van der Waals surface area contributed by atoms with E-state index in [0.717, 1.165) is 42.3 Å². The Labute approximate surface area is 166 Å². The van der Waals surface area contributed by atoms with Gasteiger partial charge < -0.3 is 14.0 Å². The van der Waals surface area contributed by atoms with E-state index in [1.54, 1.807) is 6.20 Å². The SMILES string of the molecule is Cc1cc(C(=O)COC(=O)Cc2cn3ccsc3n2)c(C)n1C[C@H]1CCCO1. The quantitative estimate of drug-likeness (QED) is 0.449. The van der Waals surface area contributed by atoms with E-state index in [9.17, 15) is 9.59 Å². The lowest BCUT2D eigenvalue weighted by atomic mass is 10.1. The Bertz CT molecular complexity index is 982. The van der Waals surface area contributed by atoms with Crippen LogP contribution in [-0.2, 0) is 27.2 Å². The number of hydrogen-bond acceptors (Lipinski definition) is 6. The molecule has 148 valence electrons. The summed E-state index contributed by atoms with van der Waals surface area (Å²) < 4.78 is 14.9. The van der Waals surface area contributed by atoms with E-state index >= 15 is 0 Å². The van der Waals surface area contributed by atoms with Crippen LogP contribution < -0.4 is 0 Å². The molecule has 1 aliphatic heterocycles. The second-order valence-corrected chi connectivity index (χ2v) is 7.99. The number of carbonyl (C=O) groups excluding carboxylic acids is 2. The lowest BCUT2D eigenvalue weighted by Crippen LogP contribution is -2.18. The highest BCUT2D eigenvalue weighted by molar-refractivity contribution is 7.15. The summed E-state index contributed by atoms with van der Waals surface area (Å²) in [4.78, 5) is 29.9. The Balaban J connectivity index is 1.35. The van der Waals surface area contributed by atoms with Crippen molar-refractivity contribution in [3.63, 3.8) is 0 Å². The Morgan fingerprint density at radius 1 is 1.39 bits per heavy atom. The molecule has 0 aromatic carbocycles. The number of Topliss-reactive ketones (excluding diaryl/α,β-unsaturated/α-hetero) is 1. The maximum atomic E-state index is 12.6. The summed E-state index contributed by atoms with van der Waals surface area (Å²) in [7, 11) is 0. The van der Waals surface area contributed by atoms with Crippen molar-refractivity contribution in [2.24, 2.45) is 0 Å². The van der Waals surface area contributed by atoms with Gasteiger partial charge in [-0.15, -0.1) is 11.3 Å². The summed E-state index contributed by atoms with van der Waals surface area (Å²) in [6.07, 6.45) is 6.07. The fourth-order valence-electron chi connectivity index (χ4n) is 3.64. The smallest absolute Gasteiger partial charge is 0.312 e. The normalized spacial score (nSPS) is 16.7. The lowest BCUT2D eigenvalue weighted by molar-refractivity contribution is -0.141. The van der Waals surface area contributed by atoms with Crippen molar-refractivity contribution in [2.75, 3.05) is 13.2 Å². The highest BCUT2D eigenvalue weighted by atomic mass is 32.1. The number of ether oxygens (including phenoxy) is 2. The van der Waals surface area contributed by atoms with Crippen molar-refractivity contribution in [3.8, 4) is 0 Å². The lowest BCUT2D eigenvalue weighted by Gasteiger charge is -2.14. The van der Waals surface area contributed by atoms with Crippen molar-refractivity contribution < 1.29 is 19.1 Å². The molecule has 0 N–H and O–H groups in total. The molecule has 7 nitrogen and oxygen atoms in total. The van der Waals surface area contributed by atoms with E-state index in [1.807, 2.05) is 35.9 Å². The topological polar surface area (TPSA) is 74.8 Å². The number of fused-ring (bicyclic) bond motifs is 1. The molecule has 3 aromatic heterocycles. The molecule has 0 unspecified atom stereocenters. The molecule has 28 heavy (non-hydrogen) atoms. The van der Waals surface area contributed by atoms with Gasteiger partial charge in [0, 0.05) is 47.9 Å². The number of nitrogens with zero attached hydrogens (tertiary/aromatic N) is 3. The number of ketones is 1. The van der Waals surface area contributed by atoms with Gasteiger partial charge in [0.1, 0.15) is 0 Å². The standard InChI is InChI=1S/C20H23N3O4S/c1-13-8-17(14(2)23(13)11-16-4-3-6-26-16)18(24)12-27-19(25)9-15-10-22-5-7-28-20(22)21-15/h5,7-8,10,16H,3-4,6,9,11-12H2,1-2H3/t16-/m1/s1. The van der Waals surface area contributed by atoms with Gasteiger partial charge in [0.15, 0.2) is 11.6 Å². The van der Waals surface area contributed by atoms with Crippen molar-refractivity contribution >= 4 is 28.1 Å². The highest BCUT2D eigenvalue weighted by Gasteiger charge is 2.22. The molecule has 1 saturated heterocycles. The number of hydrogen-bond donors (Lipinski definition) is 0. The molecule has 0 bridgehead atoms. The fraction of sp³-hybridized carbons (Fsp3) is 0.450. The van der Waals surface area contributed by atoms with Gasteiger partial charge in [0.05, 0.1) is 18.2 Å². The van der Waals surface area contributed by atoms with Gasteiger partial charge in [-0.05, 0) is 32.8 Å². The Hall–Kier alpha value is -2.45. The van der Waals surface area contributed by atoms with Gasteiger partial charge in [0.2, 0.25) is 5.78 Å². The first-order valence-corrected chi connectivity index (χ1v) is 10.3. The molecule has 4 rings (SSSR count). The van der Waals surface area contributed by atoms with Crippen molar-refractivity contribution in [2.45, 2.75) is 45.8 Å². The van der Waals surface area contributed by atoms with Crippen LogP contribution in [0.4, 0.5) is 0 Å². The van der Waals surface area contributed by atoms with Crippen molar-refractivity contribution in [3.05, 3.63) is 46.5 Å². The summed E-state index contributed by atoms with van der Waals surface area (Å²) in [6, 6.07) is 1.87. The summed E-state index contributed by atoms with van der Waals surface area (Å²) in [6.45, 7) is 5.21. The average Bonchev–Trinajstić information content (AvgIpc) is 3.42. The molecule has 3 aromatic rings. The Kier molecular flexibility index (Phi) is 5.32. The third-order valence-corrected chi connectivity index (χ3v) is 5.89. The Morgan fingerprint density at radius 2 is 2.25 bits per heavy atom. The first-order valence-electron chi connectivity index (χ1n) is 9.39. The van der Waals surface area contributed by atoms with E-state index < -0.39 is 5.97 Å². The zero-order chi connectivity index (χ0) is 19.7. The van der Waals surface area contributed by atoms with Gasteiger partial charge >= 0.3 is 5.97 Å². The highest BCUT2D eigenvalue weighted by Crippen LogP contribution is 2.21. The third kappa shape index (κ3) is 3.88. The molecule has 0 radical (unpaired) electrons. The summed E-state index contributed by atoms with van der Waals surface area (Å²) in [5.41, 5.74) is 3.15. The number of thiazole rings is 1. The molecule has 1 aliphatic rings. The second kappa shape index (κ2) is 7.89. The zero-order valence-electron chi connectivity index (χ0n) is 16.0. The van der Waals surface area contributed by atoms with Crippen LogP contribution in [0.25, 0.3) is 4.96 Å². The maximum Gasteiger partial charge on any atom is 0.312 e. The maximum absolute atomic E-state index is 12.6. The van der Waals surface area contributed by atoms with Crippen LogP contribution in [0.2, 0.25) is 0 Å². The summed E-state index contributed by atoms with van der Waals surface area (Å²) in [5, 5.41) is 1.93. The van der Waals surface area contributed by atoms with Crippen LogP contribution in [0.15, 0.2) is 23.8 Å². The van der Waals surface area contributed by atoms with Crippen LogP contribution in [0.1, 0.15) is 40.3 Å². The number of esters is 1. The van der Waals surface area contributed by atoms with E-state index in [4.69, 9.17) is 9.47 Å². The van der Waals surface area contributed by atoms with E-state index in [-0.39, 0.29) is 24.9 Å². The third-order valence-electron chi connectivity index (χ3n) is 5.12. The first kappa shape index (κ1) is 18.9. The number of carbonyl (C=O) groups is 2. The van der Waals surface area contributed by atoms with Gasteiger partial charge in [-0.3, -0.25) is 14.0 Å².